The van der Waals surface area contributed by atoms with Gasteiger partial charge in [0, 0.05) is 31.0 Å². The Morgan fingerprint density at radius 2 is 1.72 bits per heavy atom. The van der Waals surface area contributed by atoms with Crippen molar-refractivity contribution >= 4 is 17.9 Å². The summed E-state index contributed by atoms with van der Waals surface area (Å²) < 4.78 is 7.22. The molecule has 3 saturated heterocycles. The molecule has 0 aromatic heterocycles. The summed E-state index contributed by atoms with van der Waals surface area (Å²) in [5.74, 6) is 0.505. The molecule has 5 heteroatoms. The number of quaternary nitrogens is 1. The fourth-order valence-corrected chi connectivity index (χ4v) is 5.03. The van der Waals surface area contributed by atoms with Gasteiger partial charge in [-0.05, 0) is 30.2 Å². The number of carbonyl (C=O) groups excluding carboxylic acids is 1. The minimum atomic E-state index is -0.184. The fourth-order valence-electron chi connectivity index (χ4n) is 5.03. The van der Waals surface area contributed by atoms with Crippen LogP contribution in [0, 0.1) is 5.92 Å². The normalized spacial score (nSPS) is 24.2. The Labute approximate surface area is 203 Å². The van der Waals surface area contributed by atoms with Crippen LogP contribution in [0.5, 0.6) is 0 Å². The molecule has 3 aliphatic heterocycles. The van der Waals surface area contributed by atoms with Crippen molar-refractivity contribution in [2.75, 3.05) is 37.6 Å². The maximum absolute atomic E-state index is 13.2. The maximum atomic E-state index is 13.2. The highest BCUT2D eigenvalue weighted by molar-refractivity contribution is 5.87. The molecule has 0 spiro atoms. The quantitative estimate of drug-likeness (QED) is 0.523. The molecular weight excluding hydrogens is 464 g/mol. The van der Waals surface area contributed by atoms with Crippen LogP contribution >= 0.6 is 0 Å². The highest BCUT2D eigenvalue weighted by Crippen LogP contribution is 2.36. The Morgan fingerprint density at radius 3 is 2.38 bits per heavy atom. The molecule has 1 atom stereocenters. The molecular formula is C27H35BrN2O2. The number of fused-ring (bicyclic) bond motifs is 3. The van der Waals surface area contributed by atoms with E-state index in [1.807, 2.05) is 41.3 Å². The predicted molar refractivity (Wildman–Crippen MR) is 127 cm³/mol. The molecule has 2 bridgehead atoms. The topological polar surface area (TPSA) is 29.5 Å². The van der Waals surface area contributed by atoms with Gasteiger partial charge in [0.05, 0.1) is 19.6 Å². The zero-order chi connectivity index (χ0) is 21.5. The number of amides is 1. The highest BCUT2D eigenvalue weighted by atomic mass is 79.9. The molecule has 0 aliphatic carbocycles. The molecule has 0 unspecified atom stereocenters. The van der Waals surface area contributed by atoms with E-state index in [4.69, 9.17) is 4.74 Å². The van der Waals surface area contributed by atoms with Crippen molar-refractivity contribution in [3.8, 4) is 0 Å². The van der Waals surface area contributed by atoms with Gasteiger partial charge in [-0.3, -0.25) is 4.90 Å². The standard InChI is InChI=1S/C27H35N2O2.BrH/c1-2-3-18-28(25-14-8-5-9-15-25)27(30)31-26-22-29(20-16-24(26)17-21-29)19-10-13-23-11-6-4-7-12-23;/h4-15,24,26H,2-3,16-22H2,1H3;1H/q+1;/p-1/b13-10+;/t24?,26-,29?;/m0./s1. The number of anilines is 1. The van der Waals surface area contributed by atoms with Crippen molar-refractivity contribution in [1.29, 1.82) is 0 Å². The van der Waals surface area contributed by atoms with Crippen molar-refractivity contribution in [3.05, 3.63) is 72.3 Å². The molecule has 0 radical (unpaired) electrons. The lowest BCUT2D eigenvalue weighted by atomic mass is 9.83. The molecule has 1 amide bonds. The zero-order valence-corrected chi connectivity index (χ0v) is 20.6. The van der Waals surface area contributed by atoms with Crippen LogP contribution in [-0.2, 0) is 4.74 Å². The Morgan fingerprint density at radius 1 is 1.06 bits per heavy atom. The van der Waals surface area contributed by atoms with Crippen molar-refractivity contribution in [3.63, 3.8) is 0 Å². The van der Waals surface area contributed by atoms with Crippen LogP contribution in [0.25, 0.3) is 6.08 Å². The second-order valence-corrected chi connectivity index (χ2v) is 9.07. The number of nitrogens with zero attached hydrogens (tertiary/aromatic N) is 2. The number of carbonyl (C=O) groups is 1. The summed E-state index contributed by atoms with van der Waals surface area (Å²) in [6, 6.07) is 20.4. The monoisotopic (exact) mass is 498 g/mol. The third kappa shape index (κ3) is 6.02. The number of para-hydroxylation sites is 1. The Balaban J connectivity index is 0.00000289. The molecule has 0 N–H and O–H groups in total. The molecule has 32 heavy (non-hydrogen) atoms. The van der Waals surface area contributed by atoms with Crippen LogP contribution in [0.4, 0.5) is 10.5 Å². The molecule has 3 fully saturated rings. The highest BCUT2D eigenvalue weighted by Gasteiger charge is 2.47. The number of unbranched alkanes of at least 4 members (excludes halogenated alkanes) is 1. The smallest absolute Gasteiger partial charge is 0.414 e. The van der Waals surface area contributed by atoms with Crippen LogP contribution in [-0.4, -0.2) is 49.4 Å². The van der Waals surface area contributed by atoms with E-state index >= 15 is 0 Å². The summed E-state index contributed by atoms with van der Waals surface area (Å²) in [5.41, 5.74) is 2.17. The van der Waals surface area contributed by atoms with Gasteiger partial charge < -0.3 is 26.2 Å². The lowest BCUT2D eigenvalue weighted by Crippen LogP contribution is -3.00. The van der Waals surface area contributed by atoms with Crippen LogP contribution < -0.4 is 21.9 Å². The number of ether oxygens (including phenoxy) is 1. The summed E-state index contributed by atoms with van der Waals surface area (Å²) >= 11 is 0. The van der Waals surface area contributed by atoms with Gasteiger partial charge in [-0.25, -0.2) is 4.79 Å². The number of hydrogen-bond donors (Lipinski definition) is 0. The van der Waals surface area contributed by atoms with Crippen LogP contribution in [0.15, 0.2) is 66.7 Å². The van der Waals surface area contributed by atoms with E-state index in [9.17, 15) is 4.79 Å². The van der Waals surface area contributed by atoms with Crippen LogP contribution in [0.2, 0.25) is 0 Å². The Hall–Kier alpha value is -2.11. The predicted octanol–water partition coefficient (Wildman–Crippen LogP) is 2.76. The third-order valence-corrected chi connectivity index (χ3v) is 6.92. The van der Waals surface area contributed by atoms with Gasteiger partial charge >= 0.3 is 6.09 Å². The summed E-state index contributed by atoms with van der Waals surface area (Å²) in [4.78, 5) is 15.0. The Bertz CT molecular complexity index is 864. The van der Waals surface area contributed by atoms with Gasteiger partial charge in [0.2, 0.25) is 0 Å². The van der Waals surface area contributed by atoms with E-state index in [0.717, 1.165) is 48.9 Å². The lowest BCUT2D eigenvalue weighted by Gasteiger charge is -2.51. The summed E-state index contributed by atoms with van der Waals surface area (Å²) in [6.07, 6.45) is 8.69. The Kier molecular flexibility index (Phi) is 8.94. The SMILES string of the molecule is CCCCN(C(=O)O[C@H]1C[N+]2(C/C=C/c3ccccc3)CCC1CC2)c1ccccc1.[Br-]. The van der Waals surface area contributed by atoms with Crippen molar-refractivity contribution in [1.82, 2.24) is 0 Å². The number of hydrogen-bond acceptors (Lipinski definition) is 2. The van der Waals surface area contributed by atoms with E-state index in [-0.39, 0.29) is 29.2 Å². The first kappa shape index (κ1) is 24.5. The van der Waals surface area contributed by atoms with E-state index in [1.54, 1.807) is 0 Å². The molecule has 5 rings (SSSR count). The second kappa shape index (κ2) is 11.7. The summed E-state index contributed by atoms with van der Waals surface area (Å²) in [7, 11) is 0. The average molecular weight is 499 g/mol. The van der Waals surface area contributed by atoms with Gasteiger partial charge in [0.25, 0.3) is 0 Å². The van der Waals surface area contributed by atoms with Crippen molar-refractivity contribution in [2.24, 2.45) is 5.92 Å². The average Bonchev–Trinajstić information content (AvgIpc) is 2.81. The second-order valence-electron chi connectivity index (χ2n) is 9.07. The third-order valence-electron chi connectivity index (χ3n) is 6.92. The van der Waals surface area contributed by atoms with E-state index in [2.05, 4.69) is 43.3 Å². The van der Waals surface area contributed by atoms with Crippen molar-refractivity contribution in [2.45, 2.75) is 38.7 Å². The number of piperidine rings is 3. The molecule has 3 heterocycles. The van der Waals surface area contributed by atoms with Gasteiger partial charge in [-0.1, -0.05) is 68.0 Å². The summed E-state index contributed by atoms with van der Waals surface area (Å²) in [6.45, 7) is 7.18. The molecule has 172 valence electrons. The molecule has 0 saturated carbocycles. The molecule has 2 aromatic rings. The minimum absolute atomic E-state index is 0. The molecule has 2 aromatic carbocycles. The van der Waals surface area contributed by atoms with E-state index in [0.29, 0.717) is 12.5 Å². The number of benzene rings is 2. The van der Waals surface area contributed by atoms with Gasteiger partial charge in [-0.2, -0.15) is 0 Å². The van der Waals surface area contributed by atoms with E-state index in [1.165, 1.54) is 18.7 Å². The largest absolute Gasteiger partial charge is 1.00 e. The minimum Gasteiger partial charge on any atom is -1.00 e. The van der Waals surface area contributed by atoms with Crippen LogP contribution in [0.3, 0.4) is 0 Å². The van der Waals surface area contributed by atoms with Gasteiger partial charge in [0.15, 0.2) is 6.10 Å². The number of halogens is 1. The van der Waals surface area contributed by atoms with E-state index < -0.39 is 0 Å². The zero-order valence-electron chi connectivity index (χ0n) is 19.0. The van der Waals surface area contributed by atoms with Crippen molar-refractivity contribution < 1.29 is 31.0 Å². The lowest BCUT2D eigenvalue weighted by molar-refractivity contribution is -0.941. The molecule has 4 nitrogen and oxygen atoms in total. The summed E-state index contributed by atoms with van der Waals surface area (Å²) in [5, 5.41) is 0. The van der Waals surface area contributed by atoms with Crippen LogP contribution in [0.1, 0.15) is 38.2 Å². The first-order chi connectivity index (χ1) is 15.2. The first-order valence-corrected chi connectivity index (χ1v) is 11.8. The fraction of sp³-hybridized carbons (Fsp3) is 0.444. The van der Waals surface area contributed by atoms with Gasteiger partial charge in [0.1, 0.15) is 6.54 Å². The first-order valence-electron chi connectivity index (χ1n) is 11.8. The molecule has 3 aliphatic rings. The maximum Gasteiger partial charge on any atom is 0.414 e. The number of rotatable bonds is 8. The van der Waals surface area contributed by atoms with Gasteiger partial charge in [-0.15, -0.1) is 0 Å².